The summed E-state index contributed by atoms with van der Waals surface area (Å²) in [6.45, 7) is 0. The van der Waals surface area contributed by atoms with E-state index in [2.05, 4.69) is 160 Å². The summed E-state index contributed by atoms with van der Waals surface area (Å²) >= 11 is 3.58. The first kappa shape index (κ1) is 41.2. The molecular weight excluding hydrogens is 1290 g/mol. The molecule has 0 unspecified atom stereocenters. The quantitative estimate of drug-likeness (QED) is 0.148. The average molecular weight is 1360 g/mol. The third-order valence-corrected chi connectivity index (χ3v) is 20.8. The molecule has 0 aliphatic heterocycles. The van der Waals surface area contributed by atoms with E-state index in [0.29, 0.717) is 33.5 Å². The Morgan fingerprint density at radius 3 is 1.14 bits per heavy atom. The van der Waals surface area contributed by atoms with Crippen molar-refractivity contribution in [2.75, 3.05) is 0 Å². The van der Waals surface area contributed by atoms with Gasteiger partial charge in [0.05, 0.1) is 49.5 Å². The number of benzene rings is 14. The van der Waals surface area contributed by atoms with Gasteiger partial charge >= 0.3 is 0 Å². The van der Waals surface area contributed by atoms with Crippen LogP contribution in [-0.2, 0) is 0 Å². The lowest BCUT2D eigenvalue weighted by Crippen LogP contribution is -2.00. The zero-order valence-corrected chi connectivity index (χ0v) is 54.3. The molecule has 8 aromatic heterocycles. The SMILES string of the molecule is [2H]c1c([2H])c([2H])c(-c2nc(-c3ccc4c(c3)oc3ccc(-n5c6ccccc6c6c7c(ccc65)sc5ccccc57)cc34)nc(-c3c([2H])c([2H])c([2H])c([2H])c3[2H])n2)c([2H])c1[2H].[2H]c1c([2H])c([2H])c(-c2nc(-c3ccc4c(c3)oc3ccc(-n5c6ccccc6c6c7sc8ccccc8c7ccc65)cc34)nc(-c3c([2H])c([2H])c([2H])c([2H])c3[2H])n2)c([2H])c1[2H]. The van der Waals surface area contributed by atoms with E-state index in [-0.39, 0.29) is 57.2 Å². The van der Waals surface area contributed by atoms with E-state index < -0.39 is 121 Å². The van der Waals surface area contributed by atoms with Crippen LogP contribution in [0.3, 0.4) is 0 Å². The summed E-state index contributed by atoms with van der Waals surface area (Å²) in [7, 11) is 0. The third kappa shape index (κ3) is 9.38. The Hall–Kier alpha value is -13.3. The lowest BCUT2D eigenvalue weighted by atomic mass is 10.1. The van der Waals surface area contributed by atoms with Crippen LogP contribution in [0.2, 0.25) is 0 Å². The molecule has 0 N–H and O–H groups in total. The fourth-order valence-corrected chi connectivity index (χ4v) is 16.4. The zero-order valence-electron chi connectivity index (χ0n) is 72.7. The van der Waals surface area contributed by atoms with Gasteiger partial charge in [0, 0.05) is 128 Å². The molecule has 14 aromatic carbocycles. The highest BCUT2D eigenvalue weighted by molar-refractivity contribution is 7.27. The number of fused-ring (bicyclic) bond motifs is 20. The molecule has 0 bridgehead atoms. The summed E-state index contributed by atoms with van der Waals surface area (Å²) in [4.78, 5) is 27.0. The van der Waals surface area contributed by atoms with Gasteiger partial charge in [-0.15, -0.1) is 22.7 Å². The van der Waals surface area contributed by atoms with E-state index in [1.54, 1.807) is 46.9 Å². The maximum atomic E-state index is 8.64. The first-order valence-electron chi connectivity index (χ1n) is 42.2. The summed E-state index contributed by atoms with van der Waals surface area (Å²) < 4.78 is 190. The lowest BCUT2D eigenvalue weighted by Gasteiger charge is -2.08. The Morgan fingerprint density at radius 1 is 0.255 bits per heavy atom. The van der Waals surface area contributed by atoms with E-state index in [1.165, 1.54) is 51.1 Å². The Balaban J connectivity index is 0.000000150. The van der Waals surface area contributed by atoms with E-state index in [4.69, 9.17) is 36.2 Å². The Labute approximate surface area is 617 Å². The van der Waals surface area contributed by atoms with Gasteiger partial charge in [-0.3, -0.25) is 0 Å². The zero-order chi connectivity index (χ0) is 84.3. The van der Waals surface area contributed by atoms with Crippen LogP contribution in [0.4, 0.5) is 0 Å². The first-order valence-corrected chi connectivity index (χ1v) is 33.9. The van der Waals surface area contributed by atoms with Crippen molar-refractivity contribution in [3.05, 3.63) is 315 Å². The van der Waals surface area contributed by atoms with Crippen molar-refractivity contribution in [3.63, 3.8) is 0 Å². The molecule has 0 amide bonds. The molecule has 22 rings (SSSR count). The molecule has 10 nitrogen and oxygen atoms in total. The number of aromatic nitrogens is 8. The summed E-state index contributed by atoms with van der Waals surface area (Å²) in [5.41, 5.74) is 7.79. The summed E-state index contributed by atoms with van der Waals surface area (Å²) in [5, 5.41) is 12.9. The number of para-hydroxylation sites is 2. The second kappa shape index (κ2) is 23.2. The smallest absolute Gasteiger partial charge is 0.164 e. The summed E-state index contributed by atoms with van der Waals surface area (Å²) in [5.74, 6) is -1.43. The first-order chi connectivity index (χ1) is 58.8. The Kier molecular flexibility index (Phi) is 9.37. The van der Waals surface area contributed by atoms with Crippen molar-refractivity contribution < 1.29 is 36.2 Å². The molecule has 0 atom stereocenters. The summed E-state index contributed by atoms with van der Waals surface area (Å²) in [6.07, 6.45) is 0. The van der Waals surface area contributed by atoms with Crippen LogP contribution in [0.15, 0.2) is 324 Å². The van der Waals surface area contributed by atoms with Gasteiger partial charge in [0.25, 0.3) is 0 Å². The fourth-order valence-electron chi connectivity index (χ4n) is 14.1. The normalized spacial score (nSPS) is 14.7. The van der Waals surface area contributed by atoms with Crippen LogP contribution in [0.25, 0.3) is 208 Å². The average Bonchev–Trinajstić information content (AvgIpc) is 1.57. The van der Waals surface area contributed by atoms with Gasteiger partial charge in [-0.1, -0.05) is 212 Å². The molecule has 102 heavy (non-hydrogen) atoms. The minimum Gasteiger partial charge on any atom is -0.456 e. The van der Waals surface area contributed by atoms with Gasteiger partial charge in [-0.2, -0.15) is 0 Å². The minimum absolute atomic E-state index is 0.0421. The number of rotatable bonds is 8. The van der Waals surface area contributed by atoms with Crippen LogP contribution in [-0.4, -0.2) is 39.0 Å². The Morgan fingerprint density at radius 2 is 0.647 bits per heavy atom. The van der Waals surface area contributed by atoms with E-state index in [0.717, 1.165) is 65.8 Å². The molecule has 0 saturated carbocycles. The predicted molar refractivity (Wildman–Crippen MR) is 421 cm³/mol. The van der Waals surface area contributed by atoms with Gasteiger partial charge in [-0.25, -0.2) is 29.9 Å². The van der Waals surface area contributed by atoms with Crippen LogP contribution < -0.4 is 0 Å². The highest BCUT2D eigenvalue weighted by Gasteiger charge is 2.23. The van der Waals surface area contributed by atoms with Crippen molar-refractivity contribution in [3.8, 4) is 79.7 Å². The van der Waals surface area contributed by atoms with Gasteiger partial charge in [-0.05, 0) is 103 Å². The van der Waals surface area contributed by atoms with Crippen molar-refractivity contribution in [2.24, 2.45) is 0 Å². The van der Waals surface area contributed by atoms with Gasteiger partial charge in [0.2, 0.25) is 0 Å². The topological polar surface area (TPSA) is 113 Å². The van der Waals surface area contributed by atoms with E-state index in [1.807, 2.05) is 48.5 Å². The molecule has 12 heteroatoms. The molecule has 22 aromatic rings. The van der Waals surface area contributed by atoms with Crippen molar-refractivity contribution in [1.82, 2.24) is 39.0 Å². The fraction of sp³-hybridized carbons (Fsp3) is 0. The maximum absolute atomic E-state index is 8.64. The Bertz CT molecular complexity index is 8170. The van der Waals surface area contributed by atoms with Crippen molar-refractivity contribution in [1.29, 1.82) is 0 Å². The van der Waals surface area contributed by atoms with E-state index in [9.17, 15) is 0 Å². The summed E-state index contributed by atoms with van der Waals surface area (Å²) in [6, 6.07) is 53.3. The van der Waals surface area contributed by atoms with Crippen molar-refractivity contribution in [2.45, 2.75) is 0 Å². The number of nitrogens with zero attached hydrogens (tertiary/aromatic N) is 8. The number of hydrogen-bond acceptors (Lipinski definition) is 10. The molecule has 0 saturated heterocycles. The van der Waals surface area contributed by atoms with E-state index >= 15 is 0 Å². The van der Waals surface area contributed by atoms with Crippen LogP contribution in [0, 0.1) is 0 Å². The standard InChI is InChI=1S/2C45H26N4OS/c1-3-11-27(12-4-1)43-46-44(28-13-5-2-6-14-28)48-45(47-43)29-19-21-31-35-26-30(20-24-38(35)50-39(31)25-29)49-36-17-9-7-16-34(36)41-37(49)23-22-33-32-15-8-10-18-40(32)51-42(33)41;1-3-11-27(12-4-1)43-46-44(28-13-5-2-6-14-28)48-45(47-43)29-19-21-31-34-26-30(20-23-37(34)50-38(31)25-29)49-35-17-9-7-15-32(35)41-36(49)22-24-40-42(41)33-16-8-10-18-39(33)51-40/h2*1-26H/i2*1D,2D,3D,4D,5D,6D,11D,12D,13D,14D. The lowest BCUT2D eigenvalue weighted by molar-refractivity contribution is 0.668. The molecule has 8 heterocycles. The third-order valence-electron chi connectivity index (χ3n) is 18.5. The monoisotopic (exact) mass is 1360 g/mol. The van der Waals surface area contributed by atoms with Gasteiger partial charge in [0.1, 0.15) is 22.3 Å². The molecular formula is C90H52N8O2S2. The minimum atomic E-state index is -0.612. The predicted octanol–water partition coefficient (Wildman–Crippen LogP) is 24.5. The van der Waals surface area contributed by atoms with Crippen molar-refractivity contribution >= 4 is 151 Å². The van der Waals surface area contributed by atoms with Crippen LogP contribution in [0.1, 0.15) is 27.4 Å². The maximum Gasteiger partial charge on any atom is 0.164 e. The number of hydrogen-bond donors (Lipinski definition) is 0. The molecule has 0 aliphatic rings. The number of thiophene rings is 2. The second-order valence-electron chi connectivity index (χ2n) is 24.2. The molecule has 476 valence electrons. The van der Waals surface area contributed by atoms with Crippen LogP contribution >= 0.6 is 22.7 Å². The number of furan rings is 2. The molecule has 0 radical (unpaired) electrons. The largest absolute Gasteiger partial charge is 0.456 e. The molecule has 0 fully saturated rings. The van der Waals surface area contributed by atoms with Gasteiger partial charge in [0.15, 0.2) is 34.9 Å². The molecule has 0 aliphatic carbocycles. The highest BCUT2D eigenvalue weighted by Crippen LogP contribution is 2.47. The molecule has 0 spiro atoms. The highest BCUT2D eigenvalue weighted by atomic mass is 32.1. The second-order valence-corrected chi connectivity index (χ2v) is 26.3. The van der Waals surface area contributed by atoms with Crippen LogP contribution in [0.5, 0.6) is 0 Å². The van der Waals surface area contributed by atoms with Gasteiger partial charge < -0.3 is 18.0 Å².